The summed E-state index contributed by atoms with van der Waals surface area (Å²) in [5.41, 5.74) is 1.79. The van der Waals surface area contributed by atoms with Crippen LogP contribution in [0.4, 0.5) is 0 Å². The minimum absolute atomic E-state index is 0.375. The van der Waals surface area contributed by atoms with Crippen LogP contribution in [0.3, 0.4) is 0 Å². The summed E-state index contributed by atoms with van der Waals surface area (Å²) in [6.07, 6.45) is 1.42. The smallest absolute Gasteiger partial charge is 0.423 e. The lowest BCUT2D eigenvalue weighted by Crippen LogP contribution is -2.30. The van der Waals surface area contributed by atoms with Crippen LogP contribution in [-0.2, 0) is 7.05 Å². The summed E-state index contributed by atoms with van der Waals surface area (Å²) in [6, 6.07) is 1.67. The summed E-state index contributed by atoms with van der Waals surface area (Å²) < 4.78 is 1.86. The first-order valence-electron chi connectivity index (χ1n) is 4.24. The topological polar surface area (TPSA) is 71.2 Å². The Kier molecular flexibility index (Phi) is 2.01. The van der Waals surface area contributed by atoms with Gasteiger partial charge in [0.1, 0.15) is 5.82 Å². The fraction of sp³-hybridized carbons (Fsp3) is 0.250. The van der Waals surface area contributed by atoms with E-state index in [1.165, 1.54) is 6.20 Å². The van der Waals surface area contributed by atoms with E-state index in [2.05, 4.69) is 9.97 Å². The maximum Gasteiger partial charge on any atom is 0.490 e. The van der Waals surface area contributed by atoms with E-state index in [-0.39, 0.29) is 0 Å². The first kappa shape index (κ1) is 9.17. The SMILES string of the molecule is Cc1nc2ncc(B(O)O)cc2n1C. The van der Waals surface area contributed by atoms with E-state index in [1.807, 2.05) is 18.5 Å². The van der Waals surface area contributed by atoms with E-state index in [0.717, 1.165) is 11.3 Å². The summed E-state index contributed by atoms with van der Waals surface area (Å²) in [5, 5.41) is 17.9. The average molecular weight is 191 g/mol. The quantitative estimate of drug-likeness (QED) is 0.564. The number of fused-ring (bicyclic) bond motifs is 1. The average Bonchev–Trinajstić information content (AvgIpc) is 2.43. The van der Waals surface area contributed by atoms with Gasteiger partial charge >= 0.3 is 7.12 Å². The van der Waals surface area contributed by atoms with Crippen molar-refractivity contribution in [2.24, 2.45) is 7.05 Å². The van der Waals surface area contributed by atoms with Crippen molar-refractivity contribution in [3.8, 4) is 0 Å². The molecule has 0 spiro atoms. The van der Waals surface area contributed by atoms with Gasteiger partial charge in [-0.2, -0.15) is 0 Å². The molecule has 0 radical (unpaired) electrons. The molecule has 14 heavy (non-hydrogen) atoms. The monoisotopic (exact) mass is 191 g/mol. The summed E-state index contributed by atoms with van der Waals surface area (Å²) in [6.45, 7) is 1.87. The van der Waals surface area contributed by atoms with E-state index in [9.17, 15) is 0 Å². The molecule has 72 valence electrons. The van der Waals surface area contributed by atoms with Gasteiger partial charge in [-0.25, -0.2) is 9.97 Å². The molecule has 2 rings (SSSR count). The Hall–Kier alpha value is -1.40. The van der Waals surface area contributed by atoms with Gasteiger partial charge in [0, 0.05) is 18.7 Å². The van der Waals surface area contributed by atoms with Crippen LogP contribution in [-0.4, -0.2) is 31.7 Å². The third kappa shape index (κ3) is 1.28. The number of aryl methyl sites for hydroxylation is 2. The summed E-state index contributed by atoms with van der Waals surface area (Å²) in [5.74, 6) is 0.845. The minimum atomic E-state index is -1.48. The Morgan fingerprint density at radius 1 is 1.43 bits per heavy atom. The number of hydrogen-bond acceptors (Lipinski definition) is 4. The Labute approximate surface area is 81.2 Å². The van der Waals surface area contributed by atoms with Crippen LogP contribution in [0, 0.1) is 6.92 Å². The molecular formula is C8H10BN3O2. The van der Waals surface area contributed by atoms with E-state index in [0.29, 0.717) is 11.1 Å². The molecule has 5 nitrogen and oxygen atoms in total. The Balaban J connectivity index is 2.69. The maximum absolute atomic E-state index is 8.97. The van der Waals surface area contributed by atoms with Crippen LogP contribution in [0.2, 0.25) is 0 Å². The molecule has 2 aromatic rings. The second-order valence-electron chi connectivity index (χ2n) is 3.20. The summed E-state index contributed by atoms with van der Waals surface area (Å²) >= 11 is 0. The van der Waals surface area contributed by atoms with E-state index in [1.54, 1.807) is 6.07 Å². The molecule has 0 saturated carbocycles. The lowest BCUT2D eigenvalue weighted by Gasteiger charge is -1.99. The molecule has 0 saturated heterocycles. The first-order valence-corrected chi connectivity index (χ1v) is 4.24. The van der Waals surface area contributed by atoms with Crippen LogP contribution in [0.15, 0.2) is 12.3 Å². The van der Waals surface area contributed by atoms with Gasteiger partial charge in [-0.1, -0.05) is 0 Å². The molecule has 0 aliphatic heterocycles. The van der Waals surface area contributed by atoms with Crippen LogP contribution >= 0.6 is 0 Å². The van der Waals surface area contributed by atoms with Crippen molar-refractivity contribution in [1.29, 1.82) is 0 Å². The minimum Gasteiger partial charge on any atom is -0.423 e. The normalized spacial score (nSPS) is 10.9. The highest BCUT2D eigenvalue weighted by molar-refractivity contribution is 6.58. The summed E-state index contributed by atoms with van der Waals surface area (Å²) in [4.78, 5) is 8.23. The van der Waals surface area contributed by atoms with Gasteiger partial charge < -0.3 is 14.6 Å². The first-order chi connectivity index (χ1) is 6.59. The number of imidazole rings is 1. The number of pyridine rings is 1. The Morgan fingerprint density at radius 2 is 2.14 bits per heavy atom. The zero-order valence-corrected chi connectivity index (χ0v) is 7.97. The van der Waals surface area contributed by atoms with Crippen LogP contribution in [0.25, 0.3) is 11.2 Å². The van der Waals surface area contributed by atoms with Crippen molar-refractivity contribution in [1.82, 2.24) is 14.5 Å². The van der Waals surface area contributed by atoms with E-state index >= 15 is 0 Å². The number of nitrogens with zero attached hydrogens (tertiary/aromatic N) is 3. The molecule has 0 aliphatic carbocycles. The molecule has 2 aromatic heterocycles. The molecule has 0 amide bonds. The lowest BCUT2D eigenvalue weighted by atomic mass is 9.82. The van der Waals surface area contributed by atoms with Crippen molar-refractivity contribution in [3.05, 3.63) is 18.1 Å². The highest BCUT2D eigenvalue weighted by Crippen LogP contribution is 2.09. The fourth-order valence-corrected chi connectivity index (χ4v) is 1.34. The number of rotatable bonds is 1. The molecule has 6 heteroatoms. The highest BCUT2D eigenvalue weighted by Gasteiger charge is 2.14. The van der Waals surface area contributed by atoms with Crippen LogP contribution in [0.1, 0.15) is 5.82 Å². The van der Waals surface area contributed by atoms with Crippen molar-refractivity contribution in [2.45, 2.75) is 6.92 Å². The van der Waals surface area contributed by atoms with E-state index < -0.39 is 7.12 Å². The molecule has 2 heterocycles. The molecule has 0 bridgehead atoms. The second kappa shape index (κ2) is 3.07. The van der Waals surface area contributed by atoms with Gasteiger partial charge in [-0.05, 0) is 13.0 Å². The zero-order chi connectivity index (χ0) is 10.3. The second-order valence-corrected chi connectivity index (χ2v) is 3.20. The molecular weight excluding hydrogens is 181 g/mol. The number of hydrogen-bond donors (Lipinski definition) is 2. The molecule has 0 atom stereocenters. The van der Waals surface area contributed by atoms with Gasteiger partial charge in [0.05, 0.1) is 5.52 Å². The largest absolute Gasteiger partial charge is 0.490 e. The van der Waals surface area contributed by atoms with Crippen molar-refractivity contribution < 1.29 is 10.0 Å². The third-order valence-corrected chi connectivity index (χ3v) is 2.28. The van der Waals surface area contributed by atoms with Gasteiger partial charge in [0.15, 0.2) is 5.65 Å². The predicted octanol–water partition coefficient (Wildman–Crippen LogP) is -1.04. The number of aromatic nitrogens is 3. The van der Waals surface area contributed by atoms with Crippen LogP contribution < -0.4 is 5.46 Å². The molecule has 0 unspecified atom stereocenters. The third-order valence-electron chi connectivity index (χ3n) is 2.28. The van der Waals surface area contributed by atoms with E-state index in [4.69, 9.17) is 10.0 Å². The Morgan fingerprint density at radius 3 is 2.79 bits per heavy atom. The van der Waals surface area contributed by atoms with Crippen molar-refractivity contribution in [3.63, 3.8) is 0 Å². The van der Waals surface area contributed by atoms with Crippen molar-refractivity contribution in [2.75, 3.05) is 0 Å². The van der Waals surface area contributed by atoms with Gasteiger partial charge in [-0.15, -0.1) is 0 Å². The zero-order valence-electron chi connectivity index (χ0n) is 7.97. The molecule has 0 aromatic carbocycles. The lowest BCUT2D eigenvalue weighted by molar-refractivity contribution is 0.425. The summed E-state index contributed by atoms with van der Waals surface area (Å²) in [7, 11) is 0.377. The molecule has 2 N–H and O–H groups in total. The fourth-order valence-electron chi connectivity index (χ4n) is 1.34. The highest BCUT2D eigenvalue weighted by atomic mass is 16.4. The van der Waals surface area contributed by atoms with Gasteiger partial charge in [0.2, 0.25) is 0 Å². The maximum atomic E-state index is 8.97. The standard InChI is InChI=1S/C8H10BN3O2/c1-5-11-8-7(12(5)2)3-6(4-10-8)9(13)14/h3-4,13-14H,1-2H3. The Bertz CT molecular complexity index is 481. The molecule has 0 aliphatic rings. The predicted molar refractivity (Wildman–Crippen MR) is 53.1 cm³/mol. The van der Waals surface area contributed by atoms with Gasteiger partial charge in [0.25, 0.3) is 0 Å². The van der Waals surface area contributed by atoms with Crippen molar-refractivity contribution >= 4 is 23.7 Å². The molecule has 0 fully saturated rings. The van der Waals surface area contributed by atoms with Gasteiger partial charge in [-0.3, -0.25) is 0 Å². The van der Waals surface area contributed by atoms with Crippen LogP contribution in [0.5, 0.6) is 0 Å².